The molecule has 0 atom stereocenters. The number of rotatable bonds is 4. The predicted octanol–water partition coefficient (Wildman–Crippen LogP) is -0.674. The maximum atomic E-state index is 11.8. The molecular weight excluding hydrogens is 238 g/mol. The Bertz CT molecular complexity index is 607. The largest absolute Gasteiger partial charge is 0.481 e. The minimum Gasteiger partial charge on any atom is -0.481 e. The van der Waals surface area contributed by atoms with Crippen LogP contribution in [0.3, 0.4) is 0 Å². The Hall–Kier alpha value is -1.99. The topological polar surface area (TPSA) is 97.5 Å². The summed E-state index contributed by atoms with van der Waals surface area (Å²) in [5.74, 6) is 0.332. The second-order valence-corrected chi connectivity index (χ2v) is 3.68. The van der Waals surface area contributed by atoms with Gasteiger partial charge >= 0.3 is 0 Å². The van der Waals surface area contributed by atoms with Crippen molar-refractivity contribution in [1.82, 2.24) is 14.5 Å². The molecule has 0 unspecified atom stereocenters. The second-order valence-electron chi connectivity index (χ2n) is 3.68. The van der Waals surface area contributed by atoms with Gasteiger partial charge in [0.25, 0.3) is 5.56 Å². The van der Waals surface area contributed by atoms with Gasteiger partial charge in [-0.25, -0.2) is 4.98 Å². The van der Waals surface area contributed by atoms with E-state index in [0.717, 1.165) is 6.20 Å². The van der Waals surface area contributed by atoms with E-state index in [1.807, 2.05) is 0 Å². The van der Waals surface area contributed by atoms with E-state index >= 15 is 0 Å². The van der Waals surface area contributed by atoms with Crippen LogP contribution in [0.2, 0.25) is 0 Å². The lowest BCUT2D eigenvalue weighted by molar-refractivity contribution is 0.154. The molecule has 7 nitrogen and oxygen atoms in total. The third kappa shape index (κ3) is 2.05. The van der Waals surface area contributed by atoms with Crippen molar-refractivity contribution >= 4 is 11.2 Å². The van der Waals surface area contributed by atoms with Gasteiger partial charge in [0.1, 0.15) is 5.52 Å². The van der Waals surface area contributed by atoms with Crippen LogP contribution < -0.4 is 10.3 Å². The van der Waals surface area contributed by atoms with Crippen LogP contribution in [0.5, 0.6) is 5.88 Å². The maximum Gasteiger partial charge on any atom is 0.271 e. The third-order valence-corrected chi connectivity index (χ3v) is 2.60. The summed E-state index contributed by atoms with van der Waals surface area (Å²) in [7, 11) is 1.46. The first-order chi connectivity index (χ1) is 8.71. The maximum absolute atomic E-state index is 11.8. The van der Waals surface area contributed by atoms with E-state index < -0.39 is 11.6 Å². The van der Waals surface area contributed by atoms with Gasteiger partial charge < -0.3 is 14.9 Å². The highest BCUT2D eigenvalue weighted by Gasteiger charge is 2.15. The molecule has 0 aromatic carbocycles. The molecule has 0 aliphatic carbocycles. The van der Waals surface area contributed by atoms with Crippen molar-refractivity contribution in [2.45, 2.75) is 6.04 Å². The zero-order chi connectivity index (χ0) is 13.1. The first kappa shape index (κ1) is 12.5. The quantitative estimate of drug-likeness (QED) is 0.747. The van der Waals surface area contributed by atoms with Crippen molar-refractivity contribution in [3.05, 3.63) is 28.7 Å². The van der Waals surface area contributed by atoms with Crippen LogP contribution in [-0.2, 0) is 0 Å². The van der Waals surface area contributed by atoms with Gasteiger partial charge in [-0.3, -0.25) is 9.36 Å². The van der Waals surface area contributed by atoms with Crippen molar-refractivity contribution < 1.29 is 14.9 Å². The van der Waals surface area contributed by atoms with Crippen LogP contribution in [0, 0.1) is 0 Å². The van der Waals surface area contributed by atoms with E-state index in [-0.39, 0.29) is 18.9 Å². The first-order valence-corrected chi connectivity index (χ1v) is 5.35. The van der Waals surface area contributed by atoms with E-state index in [4.69, 9.17) is 4.74 Å². The van der Waals surface area contributed by atoms with Gasteiger partial charge in [0.15, 0.2) is 5.65 Å². The molecule has 0 bridgehead atoms. The lowest BCUT2D eigenvalue weighted by atomic mass is 10.3. The summed E-state index contributed by atoms with van der Waals surface area (Å²) in [5, 5.41) is 18.4. The average Bonchev–Trinajstić information content (AvgIpc) is 2.41. The van der Waals surface area contributed by atoms with Gasteiger partial charge in [0, 0.05) is 6.07 Å². The van der Waals surface area contributed by atoms with Crippen LogP contribution in [0.4, 0.5) is 0 Å². The summed E-state index contributed by atoms with van der Waals surface area (Å²) in [6.07, 6.45) is 1.13. The fraction of sp³-hybridized carbons (Fsp3) is 0.364. The van der Waals surface area contributed by atoms with Gasteiger partial charge in [0.2, 0.25) is 5.88 Å². The van der Waals surface area contributed by atoms with E-state index in [2.05, 4.69) is 9.97 Å². The molecule has 96 valence electrons. The van der Waals surface area contributed by atoms with Gasteiger partial charge in [-0.15, -0.1) is 0 Å². The Morgan fingerprint density at radius 2 is 2.11 bits per heavy atom. The molecule has 0 radical (unpaired) electrons. The van der Waals surface area contributed by atoms with Crippen LogP contribution >= 0.6 is 0 Å². The van der Waals surface area contributed by atoms with Crippen LogP contribution in [-0.4, -0.2) is 45.1 Å². The van der Waals surface area contributed by atoms with Crippen molar-refractivity contribution in [1.29, 1.82) is 0 Å². The lowest BCUT2D eigenvalue weighted by Gasteiger charge is -2.16. The standard InChI is InChI=1S/C11H13N3O4/c1-18-9-3-2-8-11(13-9)14(7(5-15)6-16)10(17)4-12-8/h2-4,7,15-16H,5-6H2,1H3. The molecule has 7 heteroatoms. The highest BCUT2D eigenvalue weighted by molar-refractivity contribution is 5.70. The SMILES string of the molecule is COc1ccc2ncc(=O)n(C(CO)CO)c2n1. The Kier molecular flexibility index (Phi) is 3.54. The Morgan fingerprint density at radius 1 is 1.39 bits per heavy atom. The summed E-state index contributed by atoms with van der Waals surface area (Å²) in [6, 6.07) is 2.53. The Balaban J connectivity index is 2.75. The monoisotopic (exact) mass is 251 g/mol. The van der Waals surface area contributed by atoms with Crippen LogP contribution in [0.15, 0.2) is 23.1 Å². The van der Waals surface area contributed by atoms with E-state index in [9.17, 15) is 15.0 Å². The minimum atomic E-state index is -0.748. The molecule has 2 heterocycles. The number of nitrogens with zero attached hydrogens (tertiary/aromatic N) is 3. The zero-order valence-corrected chi connectivity index (χ0v) is 9.78. The number of hydrogen-bond acceptors (Lipinski definition) is 6. The normalized spacial score (nSPS) is 11.1. The van der Waals surface area contributed by atoms with Crippen molar-refractivity contribution in [2.24, 2.45) is 0 Å². The van der Waals surface area contributed by atoms with Gasteiger partial charge in [-0.05, 0) is 6.07 Å². The summed E-state index contributed by atoms with van der Waals surface area (Å²) in [6.45, 7) is -0.733. The molecule has 2 aromatic heterocycles. The number of aliphatic hydroxyl groups excluding tert-OH is 2. The van der Waals surface area contributed by atoms with Crippen molar-refractivity contribution in [3.8, 4) is 5.88 Å². The molecule has 0 aliphatic heterocycles. The molecule has 18 heavy (non-hydrogen) atoms. The number of aliphatic hydroxyl groups is 2. The molecule has 0 saturated heterocycles. The molecular formula is C11H13N3O4. The van der Waals surface area contributed by atoms with Crippen LogP contribution in [0.1, 0.15) is 6.04 Å². The van der Waals surface area contributed by atoms with Crippen molar-refractivity contribution in [3.63, 3.8) is 0 Å². The van der Waals surface area contributed by atoms with E-state index in [0.29, 0.717) is 11.4 Å². The van der Waals surface area contributed by atoms with Crippen molar-refractivity contribution in [2.75, 3.05) is 20.3 Å². The van der Waals surface area contributed by atoms with Gasteiger partial charge in [-0.2, -0.15) is 4.98 Å². The smallest absolute Gasteiger partial charge is 0.271 e. The minimum absolute atomic E-state index is 0.273. The number of hydrogen-bond donors (Lipinski definition) is 2. The molecule has 0 saturated carbocycles. The number of methoxy groups -OCH3 is 1. The summed E-state index contributed by atoms with van der Waals surface area (Å²) >= 11 is 0. The van der Waals surface area contributed by atoms with E-state index in [1.165, 1.54) is 11.7 Å². The molecule has 0 amide bonds. The fourth-order valence-corrected chi connectivity index (χ4v) is 1.68. The summed E-state index contributed by atoms with van der Waals surface area (Å²) in [4.78, 5) is 19.9. The average molecular weight is 251 g/mol. The van der Waals surface area contributed by atoms with Gasteiger partial charge in [0.05, 0.1) is 32.6 Å². The molecule has 0 aliphatic rings. The predicted molar refractivity (Wildman–Crippen MR) is 63.6 cm³/mol. The first-order valence-electron chi connectivity index (χ1n) is 5.35. The number of pyridine rings is 1. The summed E-state index contributed by atoms with van der Waals surface area (Å²) in [5.41, 5.74) is 0.327. The summed E-state index contributed by atoms with van der Waals surface area (Å²) < 4.78 is 6.20. The number of fused-ring (bicyclic) bond motifs is 1. The van der Waals surface area contributed by atoms with Gasteiger partial charge in [-0.1, -0.05) is 0 Å². The number of aromatic nitrogens is 3. The Labute approximate surface area is 102 Å². The molecule has 2 N–H and O–H groups in total. The molecule has 2 aromatic rings. The highest BCUT2D eigenvalue weighted by atomic mass is 16.5. The van der Waals surface area contributed by atoms with Crippen LogP contribution in [0.25, 0.3) is 11.2 Å². The fourth-order valence-electron chi connectivity index (χ4n) is 1.68. The lowest BCUT2D eigenvalue weighted by Crippen LogP contribution is -2.30. The number of ether oxygens (including phenoxy) is 1. The molecule has 2 rings (SSSR count). The third-order valence-electron chi connectivity index (χ3n) is 2.60. The zero-order valence-electron chi connectivity index (χ0n) is 9.78. The second kappa shape index (κ2) is 5.11. The highest BCUT2D eigenvalue weighted by Crippen LogP contribution is 2.15. The van der Waals surface area contributed by atoms with E-state index in [1.54, 1.807) is 12.1 Å². The Morgan fingerprint density at radius 3 is 2.72 bits per heavy atom. The molecule has 0 spiro atoms. The molecule has 0 fully saturated rings.